The third-order valence-corrected chi connectivity index (χ3v) is 9.16. The predicted octanol–water partition coefficient (Wildman–Crippen LogP) is 5.16. The molecule has 0 aliphatic rings. The maximum atomic E-state index is 13.1. The number of nitro groups is 1. The number of nitro benzene ring substituents is 1. The van der Waals surface area contributed by atoms with Gasteiger partial charge in [0.05, 0.1) is 4.92 Å². The summed E-state index contributed by atoms with van der Waals surface area (Å²) in [5.74, 6) is -0.561. The molecule has 24 heavy (non-hydrogen) atoms. The number of non-ortho nitro benzene ring substituents is 1. The van der Waals surface area contributed by atoms with E-state index in [1.54, 1.807) is 12.1 Å². The van der Waals surface area contributed by atoms with Crippen LogP contribution in [0.1, 0.15) is 16.9 Å². The molecule has 0 radical (unpaired) electrons. The summed E-state index contributed by atoms with van der Waals surface area (Å²) in [6.07, 6.45) is 0. The number of anilines is 1. The van der Waals surface area contributed by atoms with Crippen LogP contribution in [0.2, 0.25) is 0 Å². The molecule has 0 aliphatic carbocycles. The zero-order valence-electron chi connectivity index (χ0n) is 13.7. The van der Waals surface area contributed by atoms with Gasteiger partial charge in [0.1, 0.15) is 5.78 Å². The number of hydrogen-bond donors (Lipinski definition) is 1. The Kier molecular flexibility index (Phi) is 6.11. The summed E-state index contributed by atoms with van der Waals surface area (Å²) < 4.78 is 18.5. The lowest BCUT2D eigenvalue weighted by Gasteiger charge is -2.27. The molecule has 0 heterocycles. The van der Waals surface area contributed by atoms with Crippen molar-refractivity contribution < 1.29 is 14.0 Å². The monoisotopic (exact) mass is 366 g/mol. The van der Waals surface area contributed by atoms with Crippen molar-refractivity contribution in [2.75, 3.05) is 19.1 Å². The number of nitrogens with one attached hydrogen (secondary N) is 1. The minimum absolute atomic E-state index is 0.000896. The van der Waals surface area contributed by atoms with E-state index in [1.807, 2.05) is 37.9 Å². The zero-order chi connectivity index (χ0) is 17.7. The Hall–Kier alpha value is -1.74. The average Bonchev–Trinajstić information content (AvgIpc) is 2.60. The molecule has 0 spiro atoms. The fraction of sp³-hybridized carbons (Fsp3) is 0.250. The summed E-state index contributed by atoms with van der Waals surface area (Å²) in [5, 5.41) is 14.1. The van der Waals surface area contributed by atoms with Crippen LogP contribution in [0, 0.1) is 17.0 Å². The lowest BCUT2D eigenvalue weighted by molar-refractivity contribution is -0.384. The topological polar surface area (TPSA) is 81.5 Å². The van der Waals surface area contributed by atoms with E-state index in [2.05, 4.69) is 5.32 Å². The highest BCUT2D eigenvalue weighted by Gasteiger charge is 2.33. The maximum absolute atomic E-state index is 13.1. The van der Waals surface area contributed by atoms with Gasteiger partial charge in [-0.2, -0.15) is 0 Å². The van der Waals surface area contributed by atoms with Crippen molar-refractivity contribution in [1.82, 2.24) is 0 Å². The van der Waals surface area contributed by atoms with Crippen LogP contribution in [-0.2, 0) is 9.09 Å². The summed E-state index contributed by atoms with van der Waals surface area (Å²) >= 11 is 0. The van der Waals surface area contributed by atoms with Crippen LogP contribution in [0.25, 0.3) is 0 Å². The molecule has 0 saturated carbocycles. The van der Waals surface area contributed by atoms with Gasteiger partial charge in [0.2, 0.25) is 7.06 Å². The quantitative estimate of drug-likeness (QED) is 0.416. The third-order valence-electron chi connectivity index (χ3n) is 3.70. The summed E-state index contributed by atoms with van der Waals surface area (Å²) in [6.45, 7) is 3.82. The van der Waals surface area contributed by atoms with Gasteiger partial charge in [0.25, 0.3) is 5.69 Å². The molecule has 0 saturated heterocycles. The van der Waals surface area contributed by atoms with Gasteiger partial charge >= 0.3 is 0 Å². The average molecular weight is 366 g/mol. The summed E-state index contributed by atoms with van der Waals surface area (Å²) in [6, 6.07) is 13.8. The first-order chi connectivity index (χ1) is 11.4. The van der Waals surface area contributed by atoms with Crippen molar-refractivity contribution in [1.29, 1.82) is 0 Å². The fourth-order valence-electron chi connectivity index (χ4n) is 2.28. The molecule has 6 nitrogen and oxygen atoms in total. The first-order valence-corrected chi connectivity index (χ1v) is 11.3. The zero-order valence-corrected chi connectivity index (χ0v) is 15.6. The first kappa shape index (κ1) is 18.6. The standard InChI is InChI=1S/C16H20N2O4P2/c1-12-4-8-14(9-5-12)17-16(24(21,22-2)23-3)13-6-10-15(11-7-13)18(19)20/h4-11,16-17,23H,1-3H3. The van der Waals surface area contributed by atoms with Crippen LogP contribution in [0.3, 0.4) is 0 Å². The highest BCUT2D eigenvalue weighted by molar-refractivity contribution is 8.22. The predicted molar refractivity (Wildman–Crippen MR) is 99.5 cm³/mol. The SMILES string of the molecule is COP(=O)(PC)C(Nc1ccc(C)cc1)c1ccc([N+](=O)[O-])cc1. The molecule has 0 fully saturated rings. The van der Waals surface area contributed by atoms with E-state index in [0.29, 0.717) is 5.56 Å². The van der Waals surface area contributed by atoms with E-state index in [9.17, 15) is 14.7 Å². The van der Waals surface area contributed by atoms with Gasteiger partial charge in [-0.3, -0.25) is 14.7 Å². The van der Waals surface area contributed by atoms with Gasteiger partial charge in [-0.1, -0.05) is 17.7 Å². The molecule has 1 N–H and O–H groups in total. The molecule has 0 aromatic heterocycles. The minimum atomic E-state index is -2.98. The van der Waals surface area contributed by atoms with Gasteiger partial charge in [-0.15, -0.1) is 0 Å². The van der Waals surface area contributed by atoms with Crippen molar-refractivity contribution in [2.45, 2.75) is 12.7 Å². The van der Waals surface area contributed by atoms with E-state index < -0.39 is 17.8 Å². The highest BCUT2D eigenvalue weighted by atomic mass is 32.1. The Labute approximate surface area is 142 Å². The normalized spacial score (nSPS) is 15.1. The van der Waals surface area contributed by atoms with E-state index in [-0.39, 0.29) is 14.0 Å². The Morgan fingerprint density at radius 3 is 2.21 bits per heavy atom. The molecule has 0 amide bonds. The molecule has 2 rings (SSSR count). The molecular weight excluding hydrogens is 346 g/mol. The van der Waals surface area contributed by atoms with Crippen LogP contribution in [0.5, 0.6) is 0 Å². The van der Waals surface area contributed by atoms with Gasteiger partial charge in [0, 0.05) is 24.9 Å². The second-order valence-corrected chi connectivity index (χ2v) is 11.0. The van der Waals surface area contributed by atoms with Gasteiger partial charge < -0.3 is 9.84 Å². The lowest BCUT2D eigenvalue weighted by atomic mass is 10.2. The molecule has 2 aromatic rings. The van der Waals surface area contributed by atoms with Gasteiger partial charge in [-0.25, -0.2) is 0 Å². The van der Waals surface area contributed by atoms with Crippen molar-refractivity contribution in [3.05, 3.63) is 69.8 Å². The summed E-state index contributed by atoms with van der Waals surface area (Å²) in [4.78, 5) is 10.4. The van der Waals surface area contributed by atoms with Crippen molar-refractivity contribution in [3.63, 3.8) is 0 Å². The van der Waals surface area contributed by atoms with E-state index >= 15 is 0 Å². The van der Waals surface area contributed by atoms with E-state index in [1.165, 1.54) is 19.2 Å². The number of aryl methyl sites for hydroxylation is 1. The Morgan fingerprint density at radius 1 is 1.17 bits per heavy atom. The highest BCUT2D eigenvalue weighted by Crippen LogP contribution is 2.71. The second-order valence-electron chi connectivity index (χ2n) is 5.26. The number of nitrogens with zero attached hydrogens (tertiary/aromatic N) is 1. The number of benzene rings is 2. The molecular formula is C16H20N2O4P2. The second kappa shape index (κ2) is 7.89. The number of rotatable bonds is 7. The number of hydrogen-bond acceptors (Lipinski definition) is 5. The van der Waals surface area contributed by atoms with Crippen LogP contribution in [0.4, 0.5) is 11.4 Å². The maximum Gasteiger partial charge on any atom is 0.269 e. The summed E-state index contributed by atoms with van der Waals surface area (Å²) in [5.41, 5.74) is 2.64. The molecule has 3 unspecified atom stereocenters. The smallest absolute Gasteiger partial charge is 0.269 e. The largest absolute Gasteiger partial charge is 0.370 e. The third kappa shape index (κ3) is 4.21. The van der Waals surface area contributed by atoms with Crippen LogP contribution in [-0.4, -0.2) is 18.7 Å². The Bertz CT molecular complexity index is 740. The van der Waals surface area contributed by atoms with Crippen LogP contribution in [0.15, 0.2) is 48.5 Å². The molecule has 0 aliphatic heterocycles. The van der Waals surface area contributed by atoms with Crippen LogP contribution >= 0.6 is 15.3 Å². The fourth-order valence-corrected chi connectivity index (χ4v) is 5.77. The Balaban J connectivity index is 2.40. The van der Waals surface area contributed by atoms with Crippen molar-refractivity contribution in [2.24, 2.45) is 0 Å². The molecule has 128 valence electrons. The molecule has 3 atom stereocenters. The molecule has 8 heteroatoms. The van der Waals surface area contributed by atoms with E-state index in [4.69, 9.17) is 4.52 Å². The summed E-state index contributed by atoms with van der Waals surface area (Å²) in [7, 11) is -1.46. The van der Waals surface area contributed by atoms with Crippen LogP contribution < -0.4 is 5.32 Å². The van der Waals surface area contributed by atoms with Crippen molar-refractivity contribution in [3.8, 4) is 0 Å². The Morgan fingerprint density at radius 2 is 1.75 bits per heavy atom. The molecule has 0 bridgehead atoms. The first-order valence-electron chi connectivity index (χ1n) is 7.31. The lowest BCUT2D eigenvalue weighted by Crippen LogP contribution is -2.11. The molecule has 2 aromatic carbocycles. The van der Waals surface area contributed by atoms with Crippen molar-refractivity contribution >= 4 is 26.7 Å². The van der Waals surface area contributed by atoms with Gasteiger partial charge in [0.15, 0.2) is 0 Å². The van der Waals surface area contributed by atoms with E-state index in [0.717, 1.165) is 11.3 Å². The van der Waals surface area contributed by atoms with Gasteiger partial charge in [-0.05, 0) is 51.7 Å². The minimum Gasteiger partial charge on any atom is -0.370 e.